The summed E-state index contributed by atoms with van der Waals surface area (Å²) in [5, 5.41) is 8.63. The van der Waals surface area contributed by atoms with E-state index in [2.05, 4.69) is 20.2 Å². The van der Waals surface area contributed by atoms with E-state index >= 15 is 0 Å². The second-order valence-electron chi connectivity index (χ2n) is 5.58. The van der Waals surface area contributed by atoms with Crippen LogP contribution in [0.1, 0.15) is 12.3 Å². The van der Waals surface area contributed by atoms with Crippen molar-refractivity contribution in [2.75, 3.05) is 5.75 Å². The van der Waals surface area contributed by atoms with Gasteiger partial charge in [-0.25, -0.2) is 4.68 Å². The highest BCUT2D eigenvalue weighted by Crippen LogP contribution is 2.25. The topological polar surface area (TPSA) is 69.6 Å². The van der Waals surface area contributed by atoms with Gasteiger partial charge in [-0.1, -0.05) is 46.5 Å². The molecule has 4 rings (SSSR count). The molecule has 0 aliphatic carbocycles. The molecule has 0 unspecified atom stereocenters. The Kier molecular flexibility index (Phi) is 5.71. The summed E-state index contributed by atoms with van der Waals surface area (Å²) in [5.74, 6) is 2.15. The number of hydrogen-bond acceptors (Lipinski definition) is 8. The molecule has 3 aromatic heterocycles. The summed E-state index contributed by atoms with van der Waals surface area (Å²) < 4.78 is 8.85. The third-order valence-corrected chi connectivity index (χ3v) is 6.15. The lowest BCUT2D eigenvalue weighted by Crippen LogP contribution is -1.95. The van der Waals surface area contributed by atoms with Gasteiger partial charge in [0.25, 0.3) is 0 Å². The molecule has 0 saturated heterocycles. The predicted molar refractivity (Wildman–Crippen MR) is 109 cm³/mol. The summed E-state index contributed by atoms with van der Waals surface area (Å²) in [6.45, 7) is 0. The van der Waals surface area contributed by atoms with E-state index in [-0.39, 0.29) is 0 Å². The highest BCUT2D eigenvalue weighted by Gasteiger charge is 2.09. The molecule has 0 aliphatic rings. The minimum atomic E-state index is 0.597. The molecular formula is C18H15N5OS3. The van der Waals surface area contributed by atoms with Crippen molar-refractivity contribution in [3.05, 3.63) is 64.7 Å². The van der Waals surface area contributed by atoms with Crippen LogP contribution in [0.2, 0.25) is 0 Å². The maximum atomic E-state index is 5.43. The molecule has 4 aromatic rings. The lowest BCUT2D eigenvalue weighted by atomic mass is 10.2. The van der Waals surface area contributed by atoms with E-state index in [0.717, 1.165) is 38.1 Å². The van der Waals surface area contributed by atoms with Gasteiger partial charge in [-0.05, 0) is 42.9 Å². The summed E-state index contributed by atoms with van der Waals surface area (Å²) in [6.07, 6.45) is 5.08. The van der Waals surface area contributed by atoms with Crippen LogP contribution in [0.4, 0.5) is 0 Å². The van der Waals surface area contributed by atoms with Crippen molar-refractivity contribution in [2.24, 2.45) is 0 Å². The number of thioether (sulfide) groups is 1. The number of rotatable bonds is 7. The first-order valence-electron chi connectivity index (χ1n) is 8.31. The second-order valence-corrected chi connectivity index (χ2v) is 8.55. The fourth-order valence-electron chi connectivity index (χ4n) is 2.41. The fourth-order valence-corrected chi connectivity index (χ4v) is 4.78. The number of hydrogen-bond donors (Lipinski definition) is 0. The Balaban J connectivity index is 1.31. The maximum Gasteiger partial charge on any atom is 0.226 e. The highest BCUT2D eigenvalue weighted by atomic mass is 32.2. The van der Waals surface area contributed by atoms with Crippen molar-refractivity contribution < 1.29 is 4.52 Å². The molecule has 3 heterocycles. The Bertz CT molecular complexity index is 1060. The van der Waals surface area contributed by atoms with Gasteiger partial charge in [0.15, 0.2) is 8.29 Å². The van der Waals surface area contributed by atoms with E-state index < -0.39 is 0 Å². The summed E-state index contributed by atoms with van der Waals surface area (Å²) in [4.78, 5) is 8.43. The molecule has 1 aromatic carbocycles. The van der Waals surface area contributed by atoms with Crippen LogP contribution in [0.3, 0.4) is 0 Å². The Morgan fingerprint density at radius 2 is 1.93 bits per heavy atom. The number of aromatic nitrogens is 5. The quantitative estimate of drug-likeness (QED) is 0.244. The van der Waals surface area contributed by atoms with Crippen LogP contribution in [0, 0.1) is 3.95 Å². The van der Waals surface area contributed by atoms with E-state index in [1.165, 1.54) is 11.3 Å². The largest absolute Gasteiger partial charge is 0.339 e. The molecule has 0 saturated carbocycles. The predicted octanol–water partition coefficient (Wildman–Crippen LogP) is 4.83. The smallest absolute Gasteiger partial charge is 0.226 e. The number of nitrogens with zero attached hydrogens (tertiary/aromatic N) is 5. The van der Waals surface area contributed by atoms with E-state index in [9.17, 15) is 0 Å². The van der Waals surface area contributed by atoms with Crippen LogP contribution in [-0.4, -0.2) is 30.7 Å². The molecule has 0 amide bonds. The summed E-state index contributed by atoms with van der Waals surface area (Å²) in [5.41, 5.74) is 1.89. The van der Waals surface area contributed by atoms with Crippen LogP contribution in [0.5, 0.6) is 0 Å². The van der Waals surface area contributed by atoms with Gasteiger partial charge in [0.1, 0.15) is 0 Å². The zero-order chi connectivity index (χ0) is 18.5. The van der Waals surface area contributed by atoms with Crippen molar-refractivity contribution in [2.45, 2.75) is 17.2 Å². The van der Waals surface area contributed by atoms with Crippen molar-refractivity contribution in [1.29, 1.82) is 0 Å². The SMILES string of the molecule is S=c1sc(SCCCc2nc(-c3ccncc3)no2)nn1-c1ccccc1. The fraction of sp³-hybridized carbons (Fsp3) is 0.167. The molecule has 0 bridgehead atoms. The molecule has 0 radical (unpaired) electrons. The van der Waals surface area contributed by atoms with Gasteiger partial charge < -0.3 is 4.52 Å². The van der Waals surface area contributed by atoms with Gasteiger partial charge in [-0.15, -0.1) is 5.10 Å². The standard InChI is InChI=1S/C18H15N5OS3/c25-18-23(14-5-2-1-3-6-14)21-17(27-18)26-12-4-7-15-20-16(22-24-15)13-8-10-19-11-9-13/h1-3,5-6,8-11H,4,7,12H2. The molecule has 0 N–H and O–H groups in total. The molecule has 0 spiro atoms. The number of aryl methyl sites for hydroxylation is 1. The lowest BCUT2D eigenvalue weighted by Gasteiger charge is -1.99. The minimum Gasteiger partial charge on any atom is -0.339 e. The minimum absolute atomic E-state index is 0.597. The van der Waals surface area contributed by atoms with Crippen LogP contribution in [0.15, 0.2) is 63.7 Å². The molecule has 136 valence electrons. The van der Waals surface area contributed by atoms with E-state index in [4.69, 9.17) is 16.7 Å². The molecule has 6 nitrogen and oxygen atoms in total. The van der Waals surface area contributed by atoms with Gasteiger partial charge in [0.2, 0.25) is 11.7 Å². The van der Waals surface area contributed by atoms with Gasteiger partial charge in [-0.2, -0.15) is 4.98 Å². The summed E-state index contributed by atoms with van der Waals surface area (Å²) in [7, 11) is 0. The Morgan fingerprint density at radius 1 is 1.11 bits per heavy atom. The first kappa shape index (κ1) is 18.0. The van der Waals surface area contributed by atoms with Crippen molar-refractivity contribution in [3.63, 3.8) is 0 Å². The average Bonchev–Trinajstić information content (AvgIpc) is 3.33. The molecule has 0 fully saturated rings. The molecule has 9 heteroatoms. The number of para-hydroxylation sites is 1. The van der Waals surface area contributed by atoms with Gasteiger partial charge in [0.05, 0.1) is 5.69 Å². The lowest BCUT2D eigenvalue weighted by molar-refractivity contribution is 0.378. The molecule has 27 heavy (non-hydrogen) atoms. The summed E-state index contributed by atoms with van der Waals surface area (Å²) in [6, 6.07) is 13.7. The first-order valence-corrected chi connectivity index (χ1v) is 10.5. The van der Waals surface area contributed by atoms with Gasteiger partial charge in [-0.3, -0.25) is 4.98 Å². The Labute approximate surface area is 169 Å². The van der Waals surface area contributed by atoms with Crippen molar-refractivity contribution in [1.82, 2.24) is 24.9 Å². The number of pyridine rings is 1. The zero-order valence-corrected chi connectivity index (χ0v) is 16.6. The monoisotopic (exact) mass is 413 g/mol. The van der Waals surface area contributed by atoms with E-state index in [1.54, 1.807) is 28.8 Å². The molecule has 0 atom stereocenters. The second kappa shape index (κ2) is 8.55. The van der Waals surface area contributed by atoms with Crippen LogP contribution < -0.4 is 0 Å². The van der Waals surface area contributed by atoms with Crippen molar-refractivity contribution >= 4 is 35.3 Å². The van der Waals surface area contributed by atoms with E-state index in [0.29, 0.717) is 11.7 Å². The van der Waals surface area contributed by atoms with E-state index in [1.807, 2.05) is 42.5 Å². The van der Waals surface area contributed by atoms with Gasteiger partial charge in [0, 0.05) is 30.1 Å². The normalized spacial score (nSPS) is 11.0. The third-order valence-electron chi connectivity index (χ3n) is 3.70. The van der Waals surface area contributed by atoms with Crippen molar-refractivity contribution in [3.8, 4) is 17.1 Å². The van der Waals surface area contributed by atoms with Crippen LogP contribution in [-0.2, 0) is 6.42 Å². The highest BCUT2D eigenvalue weighted by molar-refractivity contribution is 8.01. The Hall–Kier alpha value is -2.36. The first-order chi connectivity index (χ1) is 13.3. The average molecular weight is 414 g/mol. The Morgan fingerprint density at radius 3 is 2.74 bits per heavy atom. The summed E-state index contributed by atoms with van der Waals surface area (Å²) >= 11 is 8.65. The molecular weight excluding hydrogens is 398 g/mol. The van der Waals surface area contributed by atoms with Crippen LogP contribution in [0.25, 0.3) is 17.1 Å². The number of benzene rings is 1. The zero-order valence-electron chi connectivity index (χ0n) is 14.2. The van der Waals surface area contributed by atoms with Crippen LogP contribution >= 0.6 is 35.3 Å². The third kappa shape index (κ3) is 4.49. The maximum absolute atomic E-state index is 5.43. The van der Waals surface area contributed by atoms with Gasteiger partial charge >= 0.3 is 0 Å². The molecule has 0 aliphatic heterocycles.